The predicted octanol–water partition coefficient (Wildman–Crippen LogP) is 6.56. The third-order valence-electron chi connectivity index (χ3n) is 6.72. The minimum absolute atomic E-state index is 0.0260. The van der Waals surface area contributed by atoms with Gasteiger partial charge < -0.3 is 20.1 Å². The van der Waals surface area contributed by atoms with Gasteiger partial charge in [-0.25, -0.2) is 4.99 Å². The number of hydrogen-bond donors (Lipinski definition) is 1. The van der Waals surface area contributed by atoms with Crippen molar-refractivity contribution in [3.05, 3.63) is 64.9 Å². The monoisotopic (exact) mass is 562 g/mol. The molecule has 214 valence electrons. The van der Waals surface area contributed by atoms with Crippen molar-refractivity contribution in [2.75, 3.05) is 46.1 Å². The van der Waals surface area contributed by atoms with Gasteiger partial charge in [0.1, 0.15) is 5.84 Å². The first kappa shape index (κ1) is 31.3. The van der Waals surface area contributed by atoms with Crippen LogP contribution in [0.25, 0.3) is 23.3 Å². The molecule has 0 saturated carbocycles. The van der Waals surface area contributed by atoms with E-state index >= 15 is 0 Å². The van der Waals surface area contributed by atoms with E-state index in [-0.39, 0.29) is 5.91 Å². The summed E-state index contributed by atoms with van der Waals surface area (Å²) in [5, 5.41) is 0. The minimum atomic E-state index is -0.423. The molecule has 2 N–H and O–H groups in total. The van der Waals surface area contributed by atoms with E-state index in [9.17, 15) is 9.59 Å². The first-order valence-corrected chi connectivity index (χ1v) is 16.0. The van der Waals surface area contributed by atoms with Crippen LogP contribution in [0, 0.1) is 0 Å². The summed E-state index contributed by atoms with van der Waals surface area (Å²) in [6.45, 7) is 11.4. The number of amides is 1. The lowest BCUT2D eigenvalue weighted by Gasteiger charge is -2.22. The summed E-state index contributed by atoms with van der Waals surface area (Å²) in [5.74, 6) is 0.449. The molecule has 1 heterocycles. The molecule has 0 radical (unpaired) electrons. The molecule has 1 atom stereocenters. The molecule has 8 heteroatoms. The van der Waals surface area contributed by atoms with Crippen LogP contribution in [0.4, 0.5) is 5.69 Å². The molecule has 1 aliphatic rings. The number of nitrogens with zero attached hydrogens (tertiary/aromatic N) is 3. The van der Waals surface area contributed by atoms with Gasteiger partial charge in [-0.1, -0.05) is 38.1 Å². The highest BCUT2D eigenvalue weighted by Gasteiger charge is 2.21. The molecule has 0 spiro atoms. The number of aliphatic imine (C=N–C) groups is 1. The Labute approximate surface area is 240 Å². The topological polar surface area (TPSA) is 88.2 Å². The first-order chi connectivity index (χ1) is 19.3. The Kier molecular flexibility index (Phi) is 12.1. The molecule has 2 aromatic carbocycles. The number of aldehydes is 1. The van der Waals surface area contributed by atoms with Gasteiger partial charge >= 0.3 is 0 Å². The van der Waals surface area contributed by atoms with Crippen molar-refractivity contribution in [3.8, 4) is 11.1 Å². The molecule has 0 aromatic heterocycles. The number of hydrogen-bond acceptors (Lipinski definition) is 6. The normalized spacial score (nSPS) is 13.7. The first-order valence-electron chi connectivity index (χ1n) is 14.1. The molecular weight excluding hydrogens is 519 g/mol. The summed E-state index contributed by atoms with van der Waals surface area (Å²) in [5.41, 5.74) is 12.0. The molecule has 1 unspecified atom stereocenters. The lowest BCUT2D eigenvalue weighted by molar-refractivity contribution is -0.127. The third-order valence-corrected chi connectivity index (χ3v) is 8.25. The van der Waals surface area contributed by atoms with E-state index in [0.717, 1.165) is 79.5 Å². The Hall–Kier alpha value is -3.28. The molecule has 2 aromatic rings. The van der Waals surface area contributed by atoms with E-state index in [1.807, 2.05) is 73.6 Å². The van der Waals surface area contributed by atoms with Crippen LogP contribution in [0.3, 0.4) is 0 Å². The summed E-state index contributed by atoms with van der Waals surface area (Å²) in [6.07, 6.45) is 9.93. The van der Waals surface area contributed by atoms with Crippen LogP contribution >= 0.6 is 8.15 Å². The zero-order valence-corrected chi connectivity index (χ0v) is 25.4. The summed E-state index contributed by atoms with van der Waals surface area (Å²) in [7, 11) is 1.61. The molecule has 3 rings (SSSR count). The summed E-state index contributed by atoms with van der Waals surface area (Å²) < 4.78 is 5.69. The standard InChI is InChI=1S/C32H43N4O3P/c1-6-14-36(15-7-2)32(38)29-20-27-11-9-25(21-30(27)34-31(33)22-29)24-10-12-28(23-37)26(19-24)13-16-35(4)17-18-40(5)39-8-3/h9-13,16,19-21,23H,6-8,14-15,17-18,22H2,1-5H3,(H2,33,34)/b16-13-. The van der Waals surface area contributed by atoms with Gasteiger partial charge in [0, 0.05) is 70.7 Å². The van der Waals surface area contributed by atoms with Crippen molar-refractivity contribution in [3.63, 3.8) is 0 Å². The fourth-order valence-corrected chi connectivity index (χ4v) is 5.80. The second-order valence-electron chi connectivity index (χ2n) is 10.0. The quantitative estimate of drug-likeness (QED) is 0.208. The lowest BCUT2D eigenvalue weighted by Crippen LogP contribution is -2.34. The van der Waals surface area contributed by atoms with E-state index in [2.05, 4.69) is 30.4 Å². The van der Waals surface area contributed by atoms with Crippen LogP contribution < -0.4 is 5.73 Å². The van der Waals surface area contributed by atoms with Crippen LogP contribution in [0.1, 0.15) is 61.5 Å². The summed E-state index contributed by atoms with van der Waals surface area (Å²) in [6, 6.07) is 11.8. The Balaban J connectivity index is 1.87. The Bertz CT molecular complexity index is 1260. The van der Waals surface area contributed by atoms with Gasteiger partial charge in [0.05, 0.1) is 5.69 Å². The highest BCUT2D eigenvalue weighted by atomic mass is 31.1. The molecule has 40 heavy (non-hydrogen) atoms. The predicted molar refractivity (Wildman–Crippen MR) is 169 cm³/mol. The van der Waals surface area contributed by atoms with Gasteiger partial charge in [0.15, 0.2) is 6.29 Å². The van der Waals surface area contributed by atoms with Crippen LogP contribution in [0.15, 0.2) is 53.2 Å². The zero-order chi connectivity index (χ0) is 29.1. The Morgan fingerprint density at radius 3 is 2.42 bits per heavy atom. The van der Waals surface area contributed by atoms with Gasteiger partial charge in [0.25, 0.3) is 0 Å². The number of benzene rings is 2. The summed E-state index contributed by atoms with van der Waals surface area (Å²) in [4.78, 5) is 33.7. The molecule has 1 amide bonds. The summed E-state index contributed by atoms with van der Waals surface area (Å²) >= 11 is 0. The largest absolute Gasteiger partial charge is 0.387 e. The second kappa shape index (κ2) is 15.5. The van der Waals surface area contributed by atoms with E-state index in [1.165, 1.54) is 0 Å². The smallest absolute Gasteiger partial charge is 0.250 e. The van der Waals surface area contributed by atoms with Gasteiger partial charge in [-0.3, -0.25) is 9.59 Å². The molecule has 1 aliphatic heterocycles. The van der Waals surface area contributed by atoms with E-state index in [4.69, 9.17) is 10.3 Å². The average molecular weight is 563 g/mol. The lowest BCUT2D eigenvalue weighted by atomic mass is 9.97. The van der Waals surface area contributed by atoms with Crippen LogP contribution in [0.5, 0.6) is 0 Å². The number of rotatable bonds is 14. The average Bonchev–Trinajstić information content (AvgIpc) is 3.11. The highest BCUT2D eigenvalue weighted by Crippen LogP contribution is 2.33. The molecule has 0 fully saturated rings. The highest BCUT2D eigenvalue weighted by molar-refractivity contribution is 7.51. The van der Waals surface area contributed by atoms with Crippen LogP contribution in [-0.2, 0) is 9.32 Å². The van der Waals surface area contributed by atoms with Crippen molar-refractivity contribution in [2.45, 2.75) is 40.0 Å². The van der Waals surface area contributed by atoms with Gasteiger partial charge in [-0.2, -0.15) is 0 Å². The number of amidine groups is 1. The number of carbonyl (C=O) groups is 2. The molecular formula is C32H43N4O3P. The number of nitrogens with two attached hydrogens (primary N) is 1. The molecule has 7 nitrogen and oxygen atoms in total. The van der Waals surface area contributed by atoms with Crippen molar-refractivity contribution in [1.29, 1.82) is 0 Å². The molecule has 0 bridgehead atoms. The van der Waals surface area contributed by atoms with Crippen molar-refractivity contribution < 1.29 is 14.1 Å². The maximum absolute atomic E-state index is 13.3. The Morgan fingerprint density at radius 1 is 1.05 bits per heavy atom. The fraction of sp³-hybridized carbons (Fsp3) is 0.406. The second-order valence-corrected chi connectivity index (χ2v) is 12.0. The maximum Gasteiger partial charge on any atom is 0.250 e. The third kappa shape index (κ3) is 8.61. The maximum atomic E-state index is 13.3. The van der Waals surface area contributed by atoms with Crippen molar-refractivity contribution in [2.24, 2.45) is 10.7 Å². The van der Waals surface area contributed by atoms with Crippen molar-refractivity contribution >= 4 is 44.0 Å². The van der Waals surface area contributed by atoms with E-state index in [0.29, 0.717) is 23.4 Å². The number of carbonyl (C=O) groups excluding carboxylic acids is 2. The SMILES string of the molecule is CCCN(CCC)C(=O)C1=Cc2ccc(-c3ccc(C=O)c(/C=C\N(C)CCP(C)OCC)c3)cc2N=C(N)C1. The van der Waals surface area contributed by atoms with Crippen LogP contribution in [-0.4, -0.2) is 73.9 Å². The van der Waals surface area contributed by atoms with E-state index in [1.54, 1.807) is 0 Å². The van der Waals surface area contributed by atoms with Gasteiger partial charge in [0.2, 0.25) is 5.91 Å². The molecule has 0 aliphatic carbocycles. The Morgan fingerprint density at radius 2 is 1.75 bits per heavy atom. The van der Waals surface area contributed by atoms with E-state index < -0.39 is 8.15 Å². The van der Waals surface area contributed by atoms with Gasteiger partial charge in [-0.15, -0.1) is 0 Å². The minimum Gasteiger partial charge on any atom is -0.387 e. The van der Waals surface area contributed by atoms with Crippen LogP contribution in [0.2, 0.25) is 0 Å². The van der Waals surface area contributed by atoms with Gasteiger partial charge in [-0.05, 0) is 73.6 Å². The number of fused-ring (bicyclic) bond motifs is 1. The fourth-order valence-electron chi connectivity index (χ4n) is 4.64. The molecule has 0 saturated heterocycles. The van der Waals surface area contributed by atoms with Crippen molar-refractivity contribution in [1.82, 2.24) is 9.80 Å². The zero-order valence-electron chi connectivity index (χ0n) is 24.5.